The number of pyridine rings is 1. The Morgan fingerprint density at radius 1 is 1.27 bits per heavy atom. The van der Waals surface area contributed by atoms with E-state index in [4.69, 9.17) is 9.84 Å². The number of carboxylic acids is 1. The second kappa shape index (κ2) is 5.48. The van der Waals surface area contributed by atoms with Gasteiger partial charge in [-0.3, -0.25) is 0 Å². The van der Waals surface area contributed by atoms with Crippen LogP contribution >= 0.6 is 0 Å². The molecule has 22 heavy (non-hydrogen) atoms. The normalized spacial score (nSPS) is 10.8. The van der Waals surface area contributed by atoms with Crippen molar-refractivity contribution >= 4 is 16.9 Å². The molecule has 0 atom stereocenters. The van der Waals surface area contributed by atoms with Gasteiger partial charge >= 0.3 is 5.97 Å². The average Bonchev–Trinajstić information content (AvgIpc) is 2.83. The fourth-order valence-electron chi connectivity index (χ4n) is 2.34. The number of hydrogen-bond acceptors (Lipinski definition) is 4. The number of aliphatic carboxylic acids is 1. The van der Waals surface area contributed by atoms with Crippen LogP contribution in [0.3, 0.4) is 0 Å². The molecule has 3 rings (SSSR count). The van der Waals surface area contributed by atoms with E-state index in [2.05, 4.69) is 10.1 Å². The van der Waals surface area contributed by atoms with Crippen molar-refractivity contribution in [3.8, 4) is 11.6 Å². The fraction of sp³-hybridized carbons (Fsp3) is 0.188. The molecule has 112 valence electrons. The number of benzene rings is 1. The van der Waals surface area contributed by atoms with Crippen LogP contribution in [0.4, 0.5) is 0 Å². The lowest BCUT2D eigenvalue weighted by molar-refractivity contribution is -0.139. The first kappa shape index (κ1) is 14.1. The van der Waals surface area contributed by atoms with Crippen LogP contribution in [-0.2, 0) is 4.79 Å². The van der Waals surface area contributed by atoms with Crippen LogP contribution in [0.2, 0.25) is 0 Å². The fourth-order valence-corrected chi connectivity index (χ4v) is 2.34. The molecule has 2 aromatic heterocycles. The van der Waals surface area contributed by atoms with Crippen LogP contribution in [0, 0.1) is 13.8 Å². The number of aryl methyl sites for hydroxylation is 2. The summed E-state index contributed by atoms with van der Waals surface area (Å²) >= 11 is 0. The largest absolute Gasteiger partial charge is 0.480 e. The number of carboxylic acid groups (broad SMARTS) is 1. The van der Waals surface area contributed by atoms with E-state index in [9.17, 15) is 4.79 Å². The van der Waals surface area contributed by atoms with Gasteiger partial charge in [0.1, 0.15) is 11.3 Å². The first-order chi connectivity index (χ1) is 10.5. The van der Waals surface area contributed by atoms with Gasteiger partial charge in [0.05, 0.1) is 5.69 Å². The topological polar surface area (TPSA) is 77.2 Å². The maximum Gasteiger partial charge on any atom is 0.341 e. The number of ether oxygens (including phenoxy) is 1. The van der Waals surface area contributed by atoms with Crippen molar-refractivity contribution < 1.29 is 14.6 Å². The number of fused-ring (bicyclic) bond motifs is 1. The van der Waals surface area contributed by atoms with Crippen molar-refractivity contribution in [3.05, 3.63) is 47.8 Å². The number of carbonyl (C=O) groups is 1. The Labute approximate surface area is 127 Å². The Morgan fingerprint density at radius 3 is 2.77 bits per heavy atom. The highest BCUT2D eigenvalue weighted by atomic mass is 16.5. The van der Waals surface area contributed by atoms with Gasteiger partial charge in [0, 0.05) is 11.1 Å². The smallest absolute Gasteiger partial charge is 0.341 e. The minimum atomic E-state index is -1.02. The molecule has 0 unspecified atom stereocenters. The van der Waals surface area contributed by atoms with Gasteiger partial charge in [0.25, 0.3) is 0 Å². The van der Waals surface area contributed by atoms with Crippen LogP contribution in [0.15, 0.2) is 36.4 Å². The molecular formula is C16H15N3O3. The summed E-state index contributed by atoms with van der Waals surface area (Å²) < 4.78 is 7.07. The van der Waals surface area contributed by atoms with Crippen molar-refractivity contribution in [2.45, 2.75) is 13.8 Å². The summed E-state index contributed by atoms with van der Waals surface area (Å²) in [6, 6.07) is 11.2. The second-order valence-electron chi connectivity index (χ2n) is 5.02. The lowest BCUT2D eigenvalue weighted by Crippen LogP contribution is -2.10. The van der Waals surface area contributed by atoms with Crippen molar-refractivity contribution in [1.82, 2.24) is 14.8 Å². The van der Waals surface area contributed by atoms with Crippen molar-refractivity contribution in [1.29, 1.82) is 0 Å². The quantitative estimate of drug-likeness (QED) is 0.800. The minimum Gasteiger partial charge on any atom is -0.480 e. The van der Waals surface area contributed by atoms with Gasteiger partial charge in [0.15, 0.2) is 12.4 Å². The Balaban J connectivity index is 2.09. The Kier molecular flexibility index (Phi) is 3.50. The molecule has 0 radical (unpaired) electrons. The first-order valence-corrected chi connectivity index (χ1v) is 6.82. The van der Waals surface area contributed by atoms with Gasteiger partial charge < -0.3 is 9.84 Å². The van der Waals surface area contributed by atoms with E-state index in [1.807, 2.05) is 44.2 Å². The van der Waals surface area contributed by atoms with Gasteiger partial charge in [0.2, 0.25) is 0 Å². The summed E-state index contributed by atoms with van der Waals surface area (Å²) in [7, 11) is 0. The minimum absolute atomic E-state index is 0.398. The average molecular weight is 297 g/mol. The SMILES string of the molecule is Cc1cc(C)n(-c2ccc3cccc(OCC(=O)O)c3n2)n1. The summed E-state index contributed by atoms with van der Waals surface area (Å²) in [5, 5.41) is 14.1. The molecule has 0 aliphatic heterocycles. The second-order valence-corrected chi connectivity index (χ2v) is 5.02. The summed E-state index contributed by atoms with van der Waals surface area (Å²) in [6.07, 6.45) is 0. The predicted octanol–water partition coefficient (Wildman–Crippen LogP) is 2.50. The maximum atomic E-state index is 10.7. The third-order valence-corrected chi connectivity index (χ3v) is 3.25. The summed E-state index contributed by atoms with van der Waals surface area (Å²) in [5.41, 5.74) is 2.51. The molecule has 0 bridgehead atoms. The molecule has 3 aromatic rings. The standard InChI is InChI=1S/C16H15N3O3/c1-10-8-11(2)19(18-10)14-7-6-12-4-3-5-13(16(12)17-14)22-9-15(20)21/h3-8H,9H2,1-2H3,(H,20,21). The third-order valence-electron chi connectivity index (χ3n) is 3.25. The lowest BCUT2D eigenvalue weighted by Gasteiger charge is -2.09. The molecular weight excluding hydrogens is 282 g/mol. The molecule has 0 saturated heterocycles. The molecule has 0 spiro atoms. The summed E-state index contributed by atoms with van der Waals surface area (Å²) in [6.45, 7) is 3.48. The molecule has 0 amide bonds. The highest BCUT2D eigenvalue weighted by molar-refractivity contribution is 5.85. The van der Waals surface area contributed by atoms with Gasteiger partial charge in [-0.05, 0) is 38.1 Å². The molecule has 0 aliphatic carbocycles. The zero-order chi connectivity index (χ0) is 15.7. The molecule has 0 fully saturated rings. The summed E-state index contributed by atoms with van der Waals surface area (Å²) in [5.74, 6) is 0.0967. The Morgan fingerprint density at radius 2 is 2.09 bits per heavy atom. The number of para-hydroxylation sites is 1. The molecule has 1 aromatic carbocycles. The van der Waals surface area contributed by atoms with E-state index >= 15 is 0 Å². The van der Waals surface area contributed by atoms with E-state index in [-0.39, 0.29) is 0 Å². The van der Waals surface area contributed by atoms with Gasteiger partial charge in [-0.15, -0.1) is 0 Å². The maximum absolute atomic E-state index is 10.7. The third kappa shape index (κ3) is 2.63. The molecule has 6 nitrogen and oxygen atoms in total. The lowest BCUT2D eigenvalue weighted by atomic mass is 10.2. The van der Waals surface area contributed by atoms with E-state index in [1.165, 1.54) is 0 Å². The number of nitrogens with zero attached hydrogens (tertiary/aromatic N) is 3. The van der Waals surface area contributed by atoms with Crippen molar-refractivity contribution in [2.75, 3.05) is 6.61 Å². The highest BCUT2D eigenvalue weighted by Crippen LogP contribution is 2.25. The van der Waals surface area contributed by atoms with Crippen LogP contribution < -0.4 is 4.74 Å². The van der Waals surface area contributed by atoms with Crippen molar-refractivity contribution in [2.24, 2.45) is 0 Å². The molecule has 6 heteroatoms. The first-order valence-electron chi connectivity index (χ1n) is 6.82. The molecule has 0 saturated carbocycles. The number of rotatable bonds is 4. The van der Waals surface area contributed by atoms with Gasteiger partial charge in [-0.2, -0.15) is 5.10 Å². The van der Waals surface area contributed by atoms with Crippen molar-refractivity contribution in [3.63, 3.8) is 0 Å². The van der Waals surface area contributed by atoms with E-state index in [0.29, 0.717) is 17.1 Å². The summed E-state index contributed by atoms with van der Waals surface area (Å²) in [4.78, 5) is 15.3. The number of aromatic nitrogens is 3. The zero-order valence-corrected chi connectivity index (χ0v) is 12.3. The Bertz CT molecular complexity index is 855. The van der Waals surface area contributed by atoms with E-state index in [0.717, 1.165) is 16.8 Å². The van der Waals surface area contributed by atoms with E-state index in [1.54, 1.807) is 10.7 Å². The van der Waals surface area contributed by atoms with Gasteiger partial charge in [-0.25, -0.2) is 14.5 Å². The van der Waals surface area contributed by atoms with Crippen LogP contribution in [0.25, 0.3) is 16.7 Å². The van der Waals surface area contributed by atoms with Crippen LogP contribution in [0.1, 0.15) is 11.4 Å². The molecule has 1 N–H and O–H groups in total. The monoisotopic (exact) mass is 297 g/mol. The predicted molar refractivity (Wildman–Crippen MR) is 81.5 cm³/mol. The number of hydrogen-bond donors (Lipinski definition) is 1. The highest BCUT2D eigenvalue weighted by Gasteiger charge is 2.10. The molecule has 0 aliphatic rings. The molecule has 2 heterocycles. The van der Waals surface area contributed by atoms with Gasteiger partial charge in [-0.1, -0.05) is 12.1 Å². The zero-order valence-electron chi connectivity index (χ0n) is 12.3. The van der Waals surface area contributed by atoms with E-state index < -0.39 is 12.6 Å². The van der Waals surface area contributed by atoms with Crippen LogP contribution in [-0.4, -0.2) is 32.4 Å². The van der Waals surface area contributed by atoms with Crippen LogP contribution in [0.5, 0.6) is 5.75 Å². The Hall–Kier alpha value is -2.89.